The van der Waals surface area contributed by atoms with Crippen molar-refractivity contribution in [1.82, 2.24) is 15.1 Å². The van der Waals surface area contributed by atoms with Crippen molar-refractivity contribution in [2.45, 2.75) is 45.0 Å². The zero-order valence-corrected chi connectivity index (χ0v) is 20.3. The Balaban J connectivity index is 1.45. The van der Waals surface area contributed by atoms with Gasteiger partial charge in [-0.2, -0.15) is 4.98 Å². The van der Waals surface area contributed by atoms with Crippen LogP contribution in [0.25, 0.3) is 22.0 Å². The van der Waals surface area contributed by atoms with Crippen molar-refractivity contribution in [3.8, 4) is 27.7 Å². The number of ether oxygens (including phenoxy) is 1. The monoisotopic (exact) mass is 483 g/mol. The van der Waals surface area contributed by atoms with Crippen LogP contribution in [0, 0.1) is 0 Å². The van der Waals surface area contributed by atoms with Crippen molar-refractivity contribution in [1.29, 1.82) is 0 Å². The Morgan fingerprint density at radius 1 is 1.03 bits per heavy atom. The van der Waals surface area contributed by atoms with Crippen LogP contribution < -0.4 is 4.74 Å². The zero-order valence-electron chi connectivity index (χ0n) is 18.6. The Labute approximate surface area is 198 Å². The number of rotatable bonds is 9. The van der Waals surface area contributed by atoms with Crippen LogP contribution in [0.1, 0.15) is 55.5 Å². The van der Waals surface area contributed by atoms with Crippen LogP contribution >= 0.6 is 11.3 Å². The minimum Gasteiger partial charge on any atom is -0.485 e. The largest absolute Gasteiger partial charge is 0.485 e. The highest BCUT2D eigenvalue weighted by Gasteiger charge is 2.17. The molecule has 2 heterocycles. The third kappa shape index (κ3) is 5.66. The number of benzene rings is 2. The minimum atomic E-state index is -2.43. The van der Waals surface area contributed by atoms with E-state index in [2.05, 4.69) is 22.0 Å². The van der Waals surface area contributed by atoms with Gasteiger partial charge in [0.25, 0.3) is 0 Å². The van der Waals surface area contributed by atoms with Gasteiger partial charge in [-0.3, -0.25) is 0 Å². The molecule has 7 nitrogen and oxygen atoms in total. The van der Waals surface area contributed by atoms with Gasteiger partial charge < -0.3 is 9.26 Å². The van der Waals surface area contributed by atoms with Crippen molar-refractivity contribution in [2.75, 3.05) is 0 Å². The molecule has 0 aliphatic carbocycles. The van der Waals surface area contributed by atoms with Crippen LogP contribution in [0.15, 0.2) is 59.3 Å². The summed E-state index contributed by atoms with van der Waals surface area (Å²) in [6.45, 7) is 6.10. The van der Waals surface area contributed by atoms with Gasteiger partial charge in [-0.05, 0) is 36.2 Å². The van der Waals surface area contributed by atoms with Crippen molar-refractivity contribution in [3.05, 3.63) is 71.1 Å². The topological polar surface area (TPSA) is 95.2 Å². The first kappa shape index (κ1) is 23.1. The smallest absolute Gasteiger partial charge is 0.229 e. The predicted octanol–water partition coefficient (Wildman–Crippen LogP) is 5.63. The number of aromatic nitrogens is 3. The van der Waals surface area contributed by atoms with Crippen LogP contribution in [0.2, 0.25) is 0 Å². The molecule has 0 amide bonds. The molecule has 0 aliphatic heterocycles. The molecule has 0 spiro atoms. The molecule has 0 fully saturated rings. The lowest BCUT2D eigenvalue weighted by Gasteiger charge is -2.15. The van der Waals surface area contributed by atoms with Crippen molar-refractivity contribution in [2.24, 2.45) is 0 Å². The summed E-state index contributed by atoms with van der Waals surface area (Å²) in [7, 11) is -2.43. The maximum atomic E-state index is 10.9. The van der Waals surface area contributed by atoms with Gasteiger partial charge in [0.1, 0.15) is 27.6 Å². The number of nitrogens with zero attached hydrogens (tertiary/aromatic N) is 3. The average molecular weight is 484 g/mol. The number of hydrogen-bond donors (Lipinski definition) is 1. The molecular formula is C24H25N3O4S2. The van der Waals surface area contributed by atoms with Gasteiger partial charge in [-0.15, -0.1) is 11.3 Å². The second kappa shape index (κ2) is 10.3. The first-order valence-electron chi connectivity index (χ1n) is 10.7. The fourth-order valence-corrected chi connectivity index (χ4v) is 4.79. The molecule has 33 heavy (non-hydrogen) atoms. The van der Waals surface area contributed by atoms with Crippen molar-refractivity contribution in [3.63, 3.8) is 0 Å². The third-order valence-corrected chi connectivity index (χ3v) is 6.81. The maximum absolute atomic E-state index is 10.9. The predicted molar refractivity (Wildman–Crippen MR) is 129 cm³/mol. The summed E-state index contributed by atoms with van der Waals surface area (Å²) in [6, 6.07) is 15.1. The van der Waals surface area contributed by atoms with Gasteiger partial charge in [-0.1, -0.05) is 50.2 Å². The molecule has 2 aromatic carbocycles. The van der Waals surface area contributed by atoms with E-state index in [0.717, 1.165) is 38.7 Å². The van der Waals surface area contributed by atoms with E-state index in [-0.39, 0.29) is 17.8 Å². The Morgan fingerprint density at radius 2 is 1.73 bits per heavy atom. The summed E-state index contributed by atoms with van der Waals surface area (Å²) in [5.41, 5.74) is 2.60. The van der Waals surface area contributed by atoms with E-state index in [1.807, 2.05) is 68.6 Å². The molecule has 9 heteroatoms. The van der Waals surface area contributed by atoms with Crippen LogP contribution in [0.4, 0.5) is 0 Å². The van der Waals surface area contributed by atoms with Gasteiger partial charge in [0.15, 0.2) is 0 Å². The Morgan fingerprint density at radius 3 is 2.33 bits per heavy atom. The van der Waals surface area contributed by atoms with Crippen molar-refractivity contribution < 1.29 is 17.7 Å². The quantitative estimate of drug-likeness (QED) is 0.308. The van der Waals surface area contributed by atoms with Crippen LogP contribution in [0.5, 0.6) is 5.75 Å². The van der Waals surface area contributed by atoms with E-state index in [9.17, 15) is 8.42 Å². The number of thiol groups is 1. The summed E-state index contributed by atoms with van der Waals surface area (Å²) >= 11 is 1.58. The highest BCUT2D eigenvalue weighted by molar-refractivity contribution is 7.71. The minimum absolute atomic E-state index is 0.0505. The summed E-state index contributed by atoms with van der Waals surface area (Å²) < 4.78 is 33.3. The summed E-state index contributed by atoms with van der Waals surface area (Å²) in [5.74, 6) is 2.18. The van der Waals surface area contributed by atoms with E-state index in [4.69, 9.17) is 9.26 Å². The van der Waals surface area contributed by atoms with Crippen LogP contribution in [-0.4, -0.2) is 23.5 Å². The summed E-state index contributed by atoms with van der Waals surface area (Å²) in [4.78, 5) is 10.0. The molecule has 4 aromatic rings. The van der Waals surface area contributed by atoms with Gasteiger partial charge in [-0.25, -0.2) is 13.4 Å². The lowest BCUT2D eigenvalue weighted by atomic mass is 10.2. The fraction of sp³-hybridized carbons (Fsp3) is 0.292. The Bertz CT molecular complexity index is 1270. The van der Waals surface area contributed by atoms with Gasteiger partial charge in [0, 0.05) is 23.2 Å². The first-order valence-corrected chi connectivity index (χ1v) is 12.9. The standard InChI is InChI=1S/C24H25N3O4S2/c1-4-20(21-13-25-24(32-21)18-7-5-16(6-8-18)14-33(28)29)30-19-11-9-17(10-12-19)22-26-23(15(2)3)31-27-22/h5-13,15,20,33H,4,14H2,1-3H3. The molecule has 0 radical (unpaired) electrons. The lowest BCUT2D eigenvalue weighted by molar-refractivity contribution is 0.205. The van der Waals surface area contributed by atoms with Gasteiger partial charge >= 0.3 is 0 Å². The second-order valence-electron chi connectivity index (χ2n) is 7.91. The van der Waals surface area contributed by atoms with Crippen LogP contribution in [-0.2, 0) is 16.5 Å². The van der Waals surface area contributed by atoms with Crippen molar-refractivity contribution >= 4 is 22.0 Å². The number of thiazole rings is 1. The first-order chi connectivity index (χ1) is 15.9. The molecule has 0 N–H and O–H groups in total. The molecule has 4 rings (SSSR count). The van der Waals surface area contributed by atoms with E-state index < -0.39 is 10.7 Å². The molecule has 0 bridgehead atoms. The van der Waals surface area contributed by atoms with E-state index in [1.165, 1.54) is 0 Å². The van der Waals surface area contributed by atoms with Gasteiger partial charge in [0.2, 0.25) is 11.7 Å². The third-order valence-electron chi connectivity index (χ3n) is 5.05. The molecule has 172 valence electrons. The molecule has 0 saturated heterocycles. The fourth-order valence-electron chi connectivity index (χ4n) is 3.25. The highest BCUT2D eigenvalue weighted by atomic mass is 32.2. The van der Waals surface area contributed by atoms with Gasteiger partial charge in [0.05, 0.1) is 10.6 Å². The highest BCUT2D eigenvalue weighted by Crippen LogP contribution is 2.33. The molecule has 1 unspecified atom stereocenters. The lowest BCUT2D eigenvalue weighted by Crippen LogP contribution is -2.04. The molecule has 0 aliphatic rings. The molecule has 1 atom stereocenters. The maximum Gasteiger partial charge on any atom is 0.229 e. The molecule has 0 saturated carbocycles. The van der Waals surface area contributed by atoms with E-state index >= 15 is 0 Å². The van der Waals surface area contributed by atoms with E-state index in [1.54, 1.807) is 11.3 Å². The Hall–Kier alpha value is -3.04. The summed E-state index contributed by atoms with van der Waals surface area (Å²) in [5, 5.41) is 4.92. The number of hydrogen-bond acceptors (Lipinski definition) is 8. The molecular weight excluding hydrogens is 458 g/mol. The zero-order chi connectivity index (χ0) is 23.4. The molecule has 2 aromatic heterocycles. The average Bonchev–Trinajstić information content (AvgIpc) is 3.49. The van der Waals surface area contributed by atoms with E-state index in [0.29, 0.717) is 11.7 Å². The van der Waals surface area contributed by atoms with Crippen LogP contribution in [0.3, 0.4) is 0 Å². The second-order valence-corrected chi connectivity index (χ2v) is 9.95. The summed E-state index contributed by atoms with van der Waals surface area (Å²) in [6.07, 6.45) is 2.52. The normalized spacial score (nSPS) is 12.4. The SMILES string of the molecule is CCC(Oc1ccc(-c2noc(C(C)C)n2)cc1)c1cnc(-c2ccc(C[SH](=O)=O)cc2)s1. The Kier molecular flexibility index (Phi) is 7.20.